The number of nitrogens with two attached hydrogens (primary N) is 1. The highest BCUT2D eigenvalue weighted by Gasteiger charge is 2.07. The normalized spacial score (nSPS) is 10.1. The standard InChI is InChI=1S/C14H17N3O/c1-17(14-8-7-12(15)9-16-14)10-11-5-3-4-6-13(11)18-2/h3-9H,10,15H2,1-2H3. The average molecular weight is 243 g/mol. The lowest BCUT2D eigenvalue weighted by Crippen LogP contribution is -2.18. The molecular weight excluding hydrogens is 226 g/mol. The summed E-state index contributed by atoms with van der Waals surface area (Å²) in [4.78, 5) is 6.34. The minimum Gasteiger partial charge on any atom is -0.496 e. The molecule has 0 unspecified atom stereocenters. The molecule has 0 saturated carbocycles. The van der Waals surface area contributed by atoms with Crippen molar-refractivity contribution in [2.45, 2.75) is 6.54 Å². The van der Waals surface area contributed by atoms with E-state index < -0.39 is 0 Å². The van der Waals surface area contributed by atoms with E-state index in [1.807, 2.05) is 43.4 Å². The van der Waals surface area contributed by atoms with Crippen LogP contribution in [-0.2, 0) is 6.54 Å². The van der Waals surface area contributed by atoms with Gasteiger partial charge in [-0.2, -0.15) is 0 Å². The maximum atomic E-state index is 5.62. The first-order chi connectivity index (χ1) is 8.70. The van der Waals surface area contributed by atoms with Gasteiger partial charge in [-0.15, -0.1) is 0 Å². The van der Waals surface area contributed by atoms with E-state index in [0.717, 1.165) is 23.7 Å². The summed E-state index contributed by atoms with van der Waals surface area (Å²) in [6, 6.07) is 11.7. The van der Waals surface area contributed by atoms with Crippen molar-refractivity contribution in [1.82, 2.24) is 4.98 Å². The zero-order valence-corrected chi connectivity index (χ0v) is 10.6. The predicted octanol–water partition coefficient (Wildman–Crippen LogP) is 2.31. The summed E-state index contributed by atoms with van der Waals surface area (Å²) in [7, 11) is 3.67. The average Bonchev–Trinajstić information content (AvgIpc) is 2.40. The molecule has 2 N–H and O–H groups in total. The van der Waals surface area contributed by atoms with Crippen LogP contribution in [0, 0.1) is 0 Å². The Hall–Kier alpha value is -2.23. The number of methoxy groups -OCH3 is 1. The predicted molar refractivity (Wildman–Crippen MR) is 73.8 cm³/mol. The van der Waals surface area contributed by atoms with Crippen LogP contribution in [0.5, 0.6) is 5.75 Å². The van der Waals surface area contributed by atoms with Crippen molar-refractivity contribution in [3.63, 3.8) is 0 Å². The van der Waals surface area contributed by atoms with Crippen molar-refractivity contribution < 1.29 is 4.74 Å². The Kier molecular flexibility index (Phi) is 3.67. The summed E-state index contributed by atoms with van der Waals surface area (Å²) in [6.45, 7) is 0.737. The van der Waals surface area contributed by atoms with Gasteiger partial charge in [-0.25, -0.2) is 4.98 Å². The number of nitrogen functional groups attached to an aromatic ring is 1. The summed E-state index contributed by atoms with van der Waals surface area (Å²) < 4.78 is 5.33. The van der Waals surface area contributed by atoms with Crippen molar-refractivity contribution in [2.75, 3.05) is 24.8 Å². The Morgan fingerprint density at radius 2 is 2.00 bits per heavy atom. The van der Waals surface area contributed by atoms with Crippen LogP contribution in [0.3, 0.4) is 0 Å². The highest BCUT2D eigenvalue weighted by atomic mass is 16.5. The number of benzene rings is 1. The van der Waals surface area contributed by atoms with Crippen LogP contribution in [0.4, 0.5) is 11.5 Å². The number of hydrogen-bond acceptors (Lipinski definition) is 4. The molecule has 94 valence electrons. The van der Waals surface area contributed by atoms with Crippen LogP contribution in [0.2, 0.25) is 0 Å². The molecule has 0 aliphatic carbocycles. The number of nitrogens with zero attached hydrogens (tertiary/aromatic N) is 2. The summed E-state index contributed by atoms with van der Waals surface area (Å²) in [5.74, 6) is 1.77. The van der Waals surface area contributed by atoms with Crippen LogP contribution in [-0.4, -0.2) is 19.1 Å². The SMILES string of the molecule is COc1ccccc1CN(C)c1ccc(N)cn1. The lowest BCUT2D eigenvalue weighted by molar-refractivity contribution is 0.409. The van der Waals surface area contributed by atoms with Gasteiger partial charge in [-0.05, 0) is 18.2 Å². The van der Waals surface area contributed by atoms with Gasteiger partial charge < -0.3 is 15.4 Å². The molecule has 0 radical (unpaired) electrons. The van der Waals surface area contributed by atoms with Crippen LogP contribution >= 0.6 is 0 Å². The molecule has 1 heterocycles. The summed E-state index contributed by atoms with van der Waals surface area (Å²) >= 11 is 0. The Morgan fingerprint density at radius 1 is 1.22 bits per heavy atom. The van der Waals surface area contributed by atoms with E-state index >= 15 is 0 Å². The van der Waals surface area contributed by atoms with Gasteiger partial charge >= 0.3 is 0 Å². The fourth-order valence-corrected chi connectivity index (χ4v) is 1.79. The first-order valence-electron chi connectivity index (χ1n) is 5.75. The van der Waals surface area contributed by atoms with Gasteiger partial charge in [0, 0.05) is 19.2 Å². The molecule has 0 fully saturated rings. The Labute approximate surface area is 107 Å². The van der Waals surface area contributed by atoms with Gasteiger partial charge in [0.05, 0.1) is 19.0 Å². The monoisotopic (exact) mass is 243 g/mol. The van der Waals surface area contributed by atoms with Crippen molar-refractivity contribution in [3.8, 4) is 5.75 Å². The molecule has 1 aromatic carbocycles. The number of para-hydroxylation sites is 1. The molecule has 0 aliphatic heterocycles. The summed E-state index contributed by atoms with van der Waals surface area (Å²) in [5.41, 5.74) is 7.42. The zero-order valence-electron chi connectivity index (χ0n) is 10.6. The molecule has 0 amide bonds. The molecule has 1 aromatic heterocycles. The van der Waals surface area contributed by atoms with Crippen molar-refractivity contribution in [1.29, 1.82) is 0 Å². The smallest absolute Gasteiger partial charge is 0.128 e. The molecule has 2 rings (SSSR count). The van der Waals surface area contributed by atoms with Crippen LogP contribution in [0.25, 0.3) is 0 Å². The van der Waals surface area contributed by atoms with E-state index in [1.54, 1.807) is 13.3 Å². The third-order valence-electron chi connectivity index (χ3n) is 2.76. The second-order valence-corrected chi connectivity index (χ2v) is 4.12. The number of anilines is 2. The molecule has 2 aromatic rings. The van der Waals surface area contributed by atoms with Crippen molar-refractivity contribution in [3.05, 3.63) is 48.2 Å². The highest BCUT2D eigenvalue weighted by molar-refractivity contribution is 5.46. The first-order valence-corrected chi connectivity index (χ1v) is 5.75. The van der Waals surface area contributed by atoms with Crippen LogP contribution in [0.1, 0.15) is 5.56 Å². The number of ether oxygens (including phenoxy) is 1. The summed E-state index contributed by atoms with van der Waals surface area (Å²) in [5, 5.41) is 0. The fraction of sp³-hybridized carbons (Fsp3) is 0.214. The number of pyridine rings is 1. The molecule has 0 aliphatic rings. The molecule has 0 spiro atoms. The third-order valence-corrected chi connectivity index (χ3v) is 2.76. The highest BCUT2D eigenvalue weighted by Crippen LogP contribution is 2.21. The Morgan fingerprint density at radius 3 is 2.67 bits per heavy atom. The molecule has 0 bridgehead atoms. The van der Waals surface area contributed by atoms with Crippen LogP contribution < -0.4 is 15.4 Å². The Bertz CT molecular complexity index is 511. The minimum absolute atomic E-state index is 0.671. The zero-order chi connectivity index (χ0) is 13.0. The van der Waals surface area contributed by atoms with E-state index in [4.69, 9.17) is 10.5 Å². The van der Waals surface area contributed by atoms with Crippen LogP contribution in [0.15, 0.2) is 42.6 Å². The van der Waals surface area contributed by atoms with Gasteiger partial charge in [-0.1, -0.05) is 18.2 Å². The van der Waals surface area contributed by atoms with Gasteiger partial charge in [0.15, 0.2) is 0 Å². The third kappa shape index (κ3) is 2.71. The van der Waals surface area contributed by atoms with Gasteiger partial charge in [0.1, 0.15) is 11.6 Å². The van der Waals surface area contributed by atoms with E-state index in [2.05, 4.69) is 9.88 Å². The lowest BCUT2D eigenvalue weighted by atomic mass is 10.2. The maximum absolute atomic E-state index is 5.62. The molecule has 0 saturated heterocycles. The first kappa shape index (κ1) is 12.2. The van der Waals surface area contributed by atoms with Crippen molar-refractivity contribution in [2.24, 2.45) is 0 Å². The van der Waals surface area contributed by atoms with Gasteiger partial charge in [-0.3, -0.25) is 0 Å². The van der Waals surface area contributed by atoms with Gasteiger partial charge in [0.25, 0.3) is 0 Å². The van der Waals surface area contributed by atoms with Gasteiger partial charge in [0.2, 0.25) is 0 Å². The quantitative estimate of drug-likeness (QED) is 0.895. The molecule has 4 heteroatoms. The fourth-order valence-electron chi connectivity index (χ4n) is 1.79. The van der Waals surface area contributed by atoms with Crippen molar-refractivity contribution >= 4 is 11.5 Å². The second kappa shape index (κ2) is 5.40. The maximum Gasteiger partial charge on any atom is 0.128 e. The lowest BCUT2D eigenvalue weighted by Gasteiger charge is -2.19. The number of rotatable bonds is 4. The topological polar surface area (TPSA) is 51.4 Å². The molecule has 4 nitrogen and oxygen atoms in total. The Balaban J connectivity index is 2.15. The molecular formula is C14H17N3O. The van der Waals surface area contributed by atoms with E-state index in [0.29, 0.717) is 5.69 Å². The summed E-state index contributed by atoms with van der Waals surface area (Å²) in [6.07, 6.45) is 1.66. The molecule has 0 atom stereocenters. The molecule has 18 heavy (non-hydrogen) atoms. The number of hydrogen-bond donors (Lipinski definition) is 1. The van der Waals surface area contributed by atoms with E-state index in [9.17, 15) is 0 Å². The number of aromatic nitrogens is 1. The van der Waals surface area contributed by atoms with E-state index in [1.165, 1.54) is 0 Å². The minimum atomic E-state index is 0.671. The van der Waals surface area contributed by atoms with E-state index in [-0.39, 0.29) is 0 Å². The largest absolute Gasteiger partial charge is 0.496 e. The second-order valence-electron chi connectivity index (χ2n) is 4.12.